The van der Waals surface area contributed by atoms with Gasteiger partial charge in [-0.15, -0.1) is 5.92 Å². The van der Waals surface area contributed by atoms with Crippen molar-refractivity contribution in [2.45, 2.75) is 57.4 Å². The van der Waals surface area contributed by atoms with E-state index in [0.717, 1.165) is 29.3 Å². The second-order valence-electron chi connectivity index (χ2n) is 7.38. The smallest absolute Gasteiger partial charge is 0.225 e. The summed E-state index contributed by atoms with van der Waals surface area (Å²) in [7, 11) is 2.12. The van der Waals surface area contributed by atoms with E-state index in [1.807, 2.05) is 12.4 Å². The second-order valence-corrected chi connectivity index (χ2v) is 8.30. The quantitative estimate of drug-likeness (QED) is 0.706. The average molecular weight is 405 g/mol. The molecule has 0 aromatic carbocycles. The van der Waals surface area contributed by atoms with Crippen molar-refractivity contribution in [3.8, 4) is 11.8 Å². The largest absolute Gasteiger partial charge is 0.341 e. The molecular weight excluding hydrogens is 376 g/mol. The molecule has 5 heteroatoms. The van der Waals surface area contributed by atoms with Gasteiger partial charge in [0.15, 0.2) is 0 Å². The summed E-state index contributed by atoms with van der Waals surface area (Å²) in [5.41, 5.74) is 0. The van der Waals surface area contributed by atoms with Gasteiger partial charge in [-0.3, -0.25) is 4.90 Å². The van der Waals surface area contributed by atoms with Crippen molar-refractivity contribution in [2.75, 3.05) is 31.6 Å². The fourth-order valence-electron chi connectivity index (χ4n) is 3.89. The highest BCUT2D eigenvalue weighted by molar-refractivity contribution is 9.10. The van der Waals surface area contributed by atoms with E-state index in [1.54, 1.807) is 0 Å². The standard InChI is InChI=1S/C20H29BrN4/c1-24(20-22-15-18(21)16-23-20)19-10-8-17(9-11-19)7-3-6-14-25-12-4-2-5-13-25/h15-17,19H,2,4-5,7-14H2,1H3. The van der Waals surface area contributed by atoms with Crippen LogP contribution >= 0.6 is 15.9 Å². The fourth-order valence-corrected chi connectivity index (χ4v) is 4.09. The third kappa shape index (κ3) is 5.69. The molecule has 136 valence electrons. The maximum absolute atomic E-state index is 4.42. The molecule has 1 saturated carbocycles. The number of rotatable bonds is 4. The van der Waals surface area contributed by atoms with Gasteiger partial charge in [0.1, 0.15) is 0 Å². The van der Waals surface area contributed by atoms with E-state index in [9.17, 15) is 0 Å². The van der Waals surface area contributed by atoms with Crippen LogP contribution in [0.2, 0.25) is 0 Å². The molecule has 0 radical (unpaired) electrons. The third-order valence-corrected chi connectivity index (χ3v) is 5.96. The molecule has 1 aromatic heterocycles. The van der Waals surface area contributed by atoms with E-state index in [1.165, 1.54) is 58.0 Å². The number of hydrogen-bond donors (Lipinski definition) is 0. The monoisotopic (exact) mass is 404 g/mol. The Hall–Kier alpha value is -1.12. The first-order valence-electron chi connectivity index (χ1n) is 9.61. The van der Waals surface area contributed by atoms with E-state index in [2.05, 4.69) is 54.6 Å². The first-order chi connectivity index (χ1) is 12.2. The van der Waals surface area contributed by atoms with Crippen LogP contribution in [0.5, 0.6) is 0 Å². The molecule has 2 fully saturated rings. The van der Waals surface area contributed by atoms with Crippen LogP contribution in [0.15, 0.2) is 16.9 Å². The molecule has 0 N–H and O–H groups in total. The average Bonchev–Trinajstić information content (AvgIpc) is 2.67. The van der Waals surface area contributed by atoms with E-state index >= 15 is 0 Å². The van der Waals surface area contributed by atoms with Crippen LogP contribution in [0.3, 0.4) is 0 Å². The summed E-state index contributed by atoms with van der Waals surface area (Å²) in [6, 6.07) is 0.554. The summed E-state index contributed by atoms with van der Waals surface area (Å²) in [6.07, 6.45) is 13.8. The summed E-state index contributed by atoms with van der Waals surface area (Å²) >= 11 is 3.39. The summed E-state index contributed by atoms with van der Waals surface area (Å²) in [5, 5.41) is 0. The van der Waals surface area contributed by atoms with Crippen LogP contribution in [0.4, 0.5) is 5.95 Å². The minimum atomic E-state index is 0.554. The molecule has 2 heterocycles. The number of aromatic nitrogens is 2. The fraction of sp³-hybridized carbons (Fsp3) is 0.700. The van der Waals surface area contributed by atoms with Crippen molar-refractivity contribution < 1.29 is 0 Å². The summed E-state index contributed by atoms with van der Waals surface area (Å²) in [4.78, 5) is 13.6. The van der Waals surface area contributed by atoms with Gasteiger partial charge in [-0.25, -0.2) is 9.97 Å². The predicted octanol–water partition coefficient (Wildman–Crippen LogP) is 4.11. The van der Waals surface area contributed by atoms with E-state index in [-0.39, 0.29) is 0 Å². The van der Waals surface area contributed by atoms with Crippen LogP contribution in [-0.4, -0.2) is 47.6 Å². The summed E-state index contributed by atoms with van der Waals surface area (Å²) in [5.74, 6) is 8.45. The minimum Gasteiger partial charge on any atom is -0.341 e. The van der Waals surface area contributed by atoms with Gasteiger partial charge < -0.3 is 4.90 Å². The molecule has 25 heavy (non-hydrogen) atoms. The van der Waals surface area contributed by atoms with Crippen LogP contribution in [0.1, 0.15) is 51.4 Å². The summed E-state index contributed by atoms with van der Waals surface area (Å²) < 4.78 is 0.927. The molecule has 0 amide bonds. The van der Waals surface area contributed by atoms with Gasteiger partial charge in [0.2, 0.25) is 5.95 Å². The highest BCUT2D eigenvalue weighted by Gasteiger charge is 2.24. The zero-order valence-corrected chi connectivity index (χ0v) is 16.8. The van der Waals surface area contributed by atoms with Crippen LogP contribution < -0.4 is 4.90 Å². The zero-order valence-electron chi connectivity index (χ0n) is 15.3. The Morgan fingerprint density at radius 1 is 1.08 bits per heavy atom. The van der Waals surface area contributed by atoms with Crippen molar-refractivity contribution in [3.63, 3.8) is 0 Å². The molecule has 1 aliphatic carbocycles. The normalized spacial score (nSPS) is 24.4. The van der Waals surface area contributed by atoms with Gasteiger partial charge in [-0.1, -0.05) is 12.3 Å². The molecule has 0 bridgehead atoms. The van der Waals surface area contributed by atoms with Gasteiger partial charge in [0, 0.05) is 31.9 Å². The number of piperidine rings is 1. The molecule has 3 rings (SSSR count). The Kier molecular flexibility index (Phi) is 7.12. The van der Waals surface area contributed by atoms with Crippen LogP contribution in [0, 0.1) is 17.8 Å². The number of nitrogens with zero attached hydrogens (tertiary/aromatic N) is 4. The SMILES string of the molecule is CN(c1ncc(Br)cn1)C1CCC(CC#CCN2CCCCC2)CC1. The van der Waals surface area contributed by atoms with Crippen molar-refractivity contribution in [1.82, 2.24) is 14.9 Å². The van der Waals surface area contributed by atoms with Gasteiger partial charge in [0.05, 0.1) is 11.0 Å². The molecule has 4 nitrogen and oxygen atoms in total. The van der Waals surface area contributed by atoms with Crippen LogP contribution in [0.25, 0.3) is 0 Å². The Morgan fingerprint density at radius 2 is 1.76 bits per heavy atom. The zero-order chi connectivity index (χ0) is 17.5. The van der Waals surface area contributed by atoms with Crippen molar-refractivity contribution in [1.29, 1.82) is 0 Å². The number of likely N-dealkylation sites (tertiary alicyclic amines) is 1. The molecule has 1 aliphatic heterocycles. The van der Waals surface area contributed by atoms with Crippen molar-refractivity contribution in [2.24, 2.45) is 5.92 Å². The maximum atomic E-state index is 4.42. The van der Waals surface area contributed by atoms with Gasteiger partial charge in [-0.05, 0) is 73.5 Å². The minimum absolute atomic E-state index is 0.554. The van der Waals surface area contributed by atoms with Gasteiger partial charge >= 0.3 is 0 Å². The van der Waals surface area contributed by atoms with Gasteiger partial charge in [-0.2, -0.15) is 0 Å². The molecule has 0 atom stereocenters. The molecule has 1 aromatic rings. The Morgan fingerprint density at radius 3 is 2.44 bits per heavy atom. The highest BCUT2D eigenvalue weighted by atomic mass is 79.9. The Balaban J connectivity index is 1.39. The predicted molar refractivity (Wildman–Crippen MR) is 107 cm³/mol. The second kappa shape index (κ2) is 9.54. The lowest BCUT2D eigenvalue weighted by molar-refractivity contribution is 0.255. The molecule has 0 spiro atoms. The van der Waals surface area contributed by atoms with E-state index < -0.39 is 0 Å². The molecule has 1 saturated heterocycles. The number of anilines is 1. The Labute approximate surface area is 160 Å². The number of halogens is 1. The van der Waals surface area contributed by atoms with Gasteiger partial charge in [0.25, 0.3) is 0 Å². The first kappa shape index (κ1) is 18.7. The topological polar surface area (TPSA) is 32.3 Å². The van der Waals surface area contributed by atoms with Crippen LogP contribution in [-0.2, 0) is 0 Å². The van der Waals surface area contributed by atoms with E-state index in [4.69, 9.17) is 0 Å². The Bertz CT molecular complexity index is 578. The lowest BCUT2D eigenvalue weighted by atomic mass is 9.84. The first-order valence-corrected chi connectivity index (χ1v) is 10.4. The van der Waals surface area contributed by atoms with Crippen molar-refractivity contribution >= 4 is 21.9 Å². The summed E-state index contributed by atoms with van der Waals surface area (Å²) in [6.45, 7) is 3.45. The van der Waals surface area contributed by atoms with E-state index in [0.29, 0.717) is 6.04 Å². The molecule has 0 unspecified atom stereocenters. The number of hydrogen-bond acceptors (Lipinski definition) is 4. The lowest BCUT2D eigenvalue weighted by Gasteiger charge is -2.34. The molecular formula is C20H29BrN4. The molecule has 2 aliphatic rings. The third-order valence-electron chi connectivity index (χ3n) is 5.55. The highest BCUT2D eigenvalue weighted by Crippen LogP contribution is 2.30. The van der Waals surface area contributed by atoms with Crippen molar-refractivity contribution in [3.05, 3.63) is 16.9 Å². The lowest BCUT2D eigenvalue weighted by Crippen LogP contribution is -2.36. The maximum Gasteiger partial charge on any atom is 0.225 e.